The zero-order valence-corrected chi connectivity index (χ0v) is 13.4. The van der Waals surface area contributed by atoms with E-state index in [1.807, 2.05) is 38.7 Å². The molecule has 0 spiro atoms. The van der Waals surface area contributed by atoms with E-state index in [1.165, 1.54) is 5.56 Å². The van der Waals surface area contributed by atoms with Crippen LogP contribution >= 0.6 is 0 Å². The van der Waals surface area contributed by atoms with Crippen molar-refractivity contribution in [3.05, 3.63) is 23.8 Å². The van der Waals surface area contributed by atoms with Crippen LogP contribution in [-0.4, -0.2) is 24.6 Å². The fraction of sp³-hybridized carbons (Fsp3) is 0.588. The van der Waals surface area contributed by atoms with Crippen LogP contribution in [0.5, 0.6) is 5.75 Å². The Morgan fingerprint density at radius 2 is 2.00 bits per heavy atom. The number of anilines is 1. The molecule has 1 heterocycles. The molecule has 1 aromatic carbocycles. The summed E-state index contributed by atoms with van der Waals surface area (Å²) >= 11 is 0. The Bertz CT molecular complexity index is 512. The van der Waals surface area contributed by atoms with Gasteiger partial charge in [-0.1, -0.05) is 19.9 Å². The van der Waals surface area contributed by atoms with Gasteiger partial charge in [-0.25, -0.2) is 0 Å². The molecule has 2 N–H and O–H groups in total. The summed E-state index contributed by atoms with van der Waals surface area (Å²) < 4.78 is 5.93. The van der Waals surface area contributed by atoms with Gasteiger partial charge < -0.3 is 15.4 Å². The van der Waals surface area contributed by atoms with E-state index < -0.39 is 6.10 Å². The minimum Gasteiger partial charge on any atom is -0.478 e. The molecule has 0 aromatic heterocycles. The third kappa shape index (κ3) is 3.21. The first-order valence-corrected chi connectivity index (χ1v) is 7.78. The zero-order valence-electron chi connectivity index (χ0n) is 13.4. The van der Waals surface area contributed by atoms with Crippen molar-refractivity contribution in [2.24, 2.45) is 11.7 Å². The van der Waals surface area contributed by atoms with Crippen LogP contribution in [-0.2, 0) is 11.2 Å². The average Bonchev–Trinajstić information content (AvgIpc) is 2.43. The molecule has 0 saturated heterocycles. The molecule has 4 nitrogen and oxygen atoms in total. The number of fused-ring (bicyclic) bond motifs is 1. The normalized spacial score (nSPS) is 18.1. The van der Waals surface area contributed by atoms with Crippen LogP contribution in [0.3, 0.4) is 0 Å². The molecule has 2 rings (SSSR count). The van der Waals surface area contributed by atoms with E-state index in [0.29, 0.717) is 6.54 Å². The molecule has 1 amide bonds. The van der Waals surface area contributed by atoms with Gasteiger partial charge in [0.05, 0.1) is 5.69 Å². The summed E-state index contributed by atoms with van der Waals surface area (Å²) in [6.45, 7) is 8.78. The van der Waals surface area contributed by atoms with Gasteiger partial charge in [-0.2, -0.15) is 0 Å². The van der Waals surface area contributed by atoms with Gasteiger partial charge in [-0.15, -0.1) is 0 Å². The Kier molecular flexibility index (Phi) is 4.88. The van der Waals surface area contributed by atoms with E-state index in [0.717, 1.165) is 24.3 Å². The third-order valence-corrected chi connectivity index (χ3v) is 3.81. The minimum atomic E-state index is -0.394. The summed E-state index contributed by atoms with van der Waals surface area (Å²) in [5.41, 5.74) is 7.66. The first kappa shape index (κ1) is 15.8. The van der Waals surface area contributed by atoms with Crippen LogP contribution in [0.25, 0.3) is 0 Å². The van der Waals surface area contributed by atoms with Crippen molar-refractivity contribution < 1.29 is 9.53 Å². The predicted octanol–water partition coefficient (Wildman–Crippen LogP) is 2.74. The monoisotopic (exact) mass is 290 g/mol. The molecule has 0 saturated carbocycles. The Labute approximate surface area is 127 Å². The number of nitrogens with zero attached hydrogens (tertiary/aromatic N) is 1. The smallest absolute Gasteiger partial charge is 0.268 e. The first-order valence-electron chi connectivity index (χ1n) is 7.78. The highest BCUT2D eigenvalue weighted by Crippen LogP contribution is 2.37. The number of rotatable bonds is 5. The molecule has 0 aliphatic carbocycles. The maximum Gasteiger partial charge on any atom is 0.268 e. The van der Waals surface area contributed by atoms with Gasteiger partial charge in [-0.05, 0) is 56.8 Å². The number of aryl methyl sites for hydroxylation is 1. The molecule has 1 unspecified atom stereocenters. The van der Waals surface area contributed by atoms with E-state index in [9.17, 15) is 4.79 Å². The van der Waals surface area contributed by atoms with Gasteiger partial charge in [0.25, 0.3) is 5.91 Å². The fourth-order valence-corrected chi connectivity index (χ4v) is 2.71. The van der Waals surface area contributed by atoms with E-state index in [-0.39, 0.29) is 17.9 Å². The molecule has 0 fully saturated rings. The highest BCUT2D eigenvalue weighted by atomic mass is 16.5. The third-order valence-electron chi connectivity index (χ3n) is 3.81. The van der Waals surface area contributed by atoms with E-state index >= 15 is 0 Å². The summed E-state index contributed by atoms with van der Waals surface area (Å²) in [5.74, 6) is 1.02. The predicted molar refractivity (Wildman–Crippen MR) is 85.7 cm³/mol. The quantitative estimate of drug-likeness (QED) is 0.907. The van der Waals surface area contributed by atoms with Gasteiger partial charge in [0, 0.05) is 6.04 Å². The molecule has 1 aliphatic heterocycles. The molecule has 1 aromatic rings. The molecule has 1 aliphatic rings. The lowest BCUT2D eigenvalue weighted by atomic mass is 10.0. The number of carbonyl (C=O) groups excluding carboxylic acids is 1. The lowest BCUT2D eigenvalue weighted by Crippen LogP contribution is -2.51. The van der Waals surface area contributed by atoms with E-state index in [1.54, 1.807) is 0 Å². The largest absolute Gasteiger partial charge is 0.478 e. The van der Waals surface area contributed by atoms with Gasteiger partial charge in [0.15, 0.2) is 6.10 Å². The SMILES string of the molecule is CC(C)C1Oc2ccc(CCCN)cc2N(C(C)C)C1=O. The van der Waals surface area contributed by atoms with Gasteiger partial charge in [-0.3, -0.25) is 4.79 Å². The number of hydrogen-bond acceptors (Lipinski definition) is 3. The Balaban J connectivity index is 2.39. The fourth-order valence-electron chi connectivity index (χ4n) is 2.71. The second-order valence-corrected chi connectivity index (χ2v) is 6.28. The Morgan fingerprint density at radius 1 is 1.29 bits per heavy atom. The maximum absolute atomic E-state index is 12.7. The molecule has 116 valence electrons. The standard InChI is InChI=1S/C17H26N2O2/c1-11(2)16-17(20)19(12(3)4)14-10-13(6-5-9-18)7-8-15(14)21-16/h7-8,10-12,16H,5-6,9,18H2,1-4H3. The number of carbonyl (C=O) groups is 1. The van der Waals surface area contributed by atoms with Crippen LogP contribution in [0.1, 0.15) is 39.7 Å². The first-order chi connectivity index (χ1) is 9.95. The summed E-state index contributed by atoms with van der Waals surface area (Å²) in [6.07, 6.45) is 1.48. The number of benzene rings is 1. The minimum absolute atomic E-state index is 0.0588. The van der Waals surface area contributed by atoms with Crippen LogP contribution in [0.4, 0.5) is 5.69 Å². The topological polar surface area (TPSA) is 55.6 Å². The summed E-state index contributed by atoms with van der Waals surface area (Å²) in [4.78, 5) is 14.5. The molecule has 4 heteroatoms. The Morgan fingerprint density at radius 3 is 2.57 bits per heavy atom. The molecular weight excluding hydrogens is 264 g/mol. The lowest BCUT2D eigenvalue weighted by Gasteiger charge is -2.38. The maximum atomic E-state index is 12.7. The van der Waals surface area contributed by atoms with Crippen molar-refractivity contribution in [1.29, 1.82) is 0 Å². The van der Waals surface area contributed by atoms with Crippen molar-refractivity contribution >= 4 is 11.6 Å². The second-order valence-electron chi connectivity index (χ2n) is 6.28. The molecule has 21 heavy (non-hydrogen) atoms. The number of nitrogens with two attached hydrogens (primary N) is 1. The van der Waals surface area contributed by atoms with Crippen molar-refractivity contribution in [2.45, 2.75) is 52.7 Å². The van der Waals surface area contributed by atoms with Crippen molar-refractivity contribution in [1.82, 2.24) is 0 Å². The van der Waals surface area contributed by atoms with E-state index in [4.69, 9.17) is 10.5 Å². The molecule has 0 bridgehead atoms. The van der Waals surface area contributed by atoms with Crippen molar-refractivity contribution in [3.8, 4) is 5.75 Å². The highest BCUT2D eigenvalue weighted by molar-refractivity contribution is 6.00. The van der Waals surface area contributed by atoms with Crippen LogP contribution in [0.15, 0.2) is 18.2 Å². The lowest BCUT2D eigenvalue weighted by molar-refractivity contribution is -0.128. The van der Waals surface area contributed by atoms with Gasteiger partial charge >= 0.3 is 0 Å². The molecule has 0 radical (unpaired) electrons. The summed E-state index contributed by atoms with van der Waals surface area (Å²) in [6, 6.07) is 6.24. The Hall–Kier alpha value is -1.55. The number of hydrogen-bond donors (Lipinski definition) is 1. The number of amides is 1. The summed E-state index contributed by atoms with van der Waals surface area (Å²) in [7, 11) is 0. The van der Waals surface area contributed by atoms with Crippen molar-refractivity contribution in [3.63, 3.8) is 0 Å². The number of ether oxygens (including phenoxy) is 1. The highest BCUT2D eigenvalue weighted by Gasteiger charge is 2.37. The van der Waals surface area contributed by atoms with Gasteiger partial charge in [0.1, 0.15) is 5.75 Å². The summed E-state index contributed by atoms with van der Waals surface area (Å²) in [5, 5.41) is 0. The molecule has 1 atom stereocenters. The zero-order chi connectivity index (χ0) is 15.6. The van der Waals surface area contributed by atoms with Crippen LogP contribution < -0.4 is 15.4 Å². The van der Waals surface area contributed by atoms with Gasteiger partial charge in [0.2, 0.25) is 0 Å². The molecular formula is C17H26N2O2. The van der Waals surface area contributed by atoms with Crippen molar-refractivity contribution in [2.75, 3.05) is 11.4 Å². The van der Waals surface area contributed by atoms with Crippen LogP contribution in [0, 0.1) is 5.92 Å². The average molecular weight is 290 g/mol. The van der Waals surface area contributed by atoms with Crippen LogP contribution in [0.2, 0.25) is 0 Å². The van der Waals surface area contributed by atoms with E-state index in [2.05, 4.69) is 12.1 Å². The second kappa shape index (κ2) is 6.48.